The van der Waals surface area contributed by atoms with Crippen LogP contribution >= 0.6 is 34.5 Å². The molecule has 0 saturated carbocycles. The average Bonchev–Trinajstić information content (AvgIpc) is 3.12. The number of thiazole rings is 1. The van der Waals surface area contributed by atoms with Crippen molar-refractivity contribution in [1.29, 1.82) is 0 Å². The highest BCUT2D eigenvalue weighted by molar-refractivity contribution is 7.14. The van der Waals surface area contributed by atoms with Crippen LogP contribution in [0.1, 0.15) is 19.8 Å². The summed E-state index contributed by atoms with van der Waals surface area (Å²) < 4.78 is 5.09. The number of amides is 2. The van der Waals surface area contributed by atoms with E-state index in [0.717, 1.165) is 5.56 Å². The molecule has 1 aromatic carbocycles. The highest BCUT2D eigenvalue weighted by atomic mass is 35.5. The maximum Gasteiger partial charge on any atom is 0.355 e. The van der Waals surface area contributed by atoms with Gasteiger partial charge in [-0.2, -0.15) is 5.10 Å². The lowest BCUT2D eigenvalue weighted by molar-refractivity contribution is -0.146. The Bertz CT molecular complexity index is 976. The highest BCUT2D eigenvalue weighted by Crippen LogP contribution is 2.30. The van der Waals surface area contributed by atoms with Crippen LogP contribution in [0.2, 0.25) is 10.0 Å². The van der Waals surface area contributed by atoms with Gasteiger partial charge in [-0.3, -0.25) is 14.9 Å². The molecule has 0 fully saturated rings. The van der Waals surface area contributed by atoms with Crippen LogP contribution in [0.15, 0.2) is 28.7 Å². The van der Waals surface area contributed by atoms with Crippen LogP contribution in [0.25, 0.3) is 11.3 Å². The van der Waals surface area contributed by atoms with Gasteiger partial charge in [0.1, 0.15) is 5.71 Å². The molecule has 0 spiro atoms. The van der Waals surface area contributed by atoms with E-state index < -0.39 is 18.0 Å². The molecule has 0 unspecified atom stereocenters. The molecular formula is C17H14Cl2N4O4S. The van der Waals surface area contributed by atoms with Gasteiger partial charge in [0.25, 0.3) is 5.91 Å². The lowest BCUT2D eigenvalue weighted by Crippen LogP contribution is -2.35. The van der Waals surface area contributed by atoms with Crippen LogP contribution in [0.3, 0.4) is 0 Å². The number of ether oxygens (including phenoxy) is 1. The van der Waals surface area contributed by atoms with E-state index in [0.29, 0.717) is 20.9 Å². The molecule has 0 aliphatic carbocycles. The van der Waals surface area contributed by atoms with E-state index in [2.05, 4.69) is 20.8 Å². The zero-order chi connectivity index (χ0) is 20.3. The van der Waals surface area contributed by atoms with Crippen LogP contribution in [0.5, 0.6) is 0 Å². The summed E-state index contributed by atoms with van der Waals surface area (Å²) in [5, 5.41) is 9.17. The second-order valence-electron chi connectivity index (χ2n) is 5.80. The fourth-order valence-corrected chi connectivity index (χ4v) is 3.25. The number of rotatable bonds is 5. The molecule has 2 aromatic rings. The van der Waals surface area contributed by atoms with Crippen molar-refractivity contribution >= 4 is 63.2 Å². The van der Waals surface area contributed by atoms with Crippen molar-refractivity contribution < 1.29 is 19.1 Å². The number of hydrazone groups is 1. The van der Waals surface area contributed by atoms with Crippen molar-refractivity contribution in [3.8, 4) is 11.3 Å². The maximum atomic E-state index is 12.3. The van der Waals surface area contributed by atoms with E-state index in [1.54, 1.807) is 23.6 Å². The van der Waals surface area contributed by atoms with Crippen LogP contribution < -0.4 is 10.7 Å². The van der Waals surface area contributed by atoms with Crippen LogP contribution in [0.4, 0.5) is 5.13 Å². The van der Waals surface area contributed by atoms with E-state index >= 15 is 0 Å². The molecular weight excluding hydrogens is 427 g/mol. The summed E-state index contributed by atoms with van der Waals surface area (Å²) in [7, 11) is 0. The van der Waals surface area contributed by atoms with Crippen LogP contribution in [-0.2, 0) is 19.1 Å². The summed E-state index contributed by atoms with van der Waals surface area (Å²) in [6, 6.07) is 5.11. The fraction of sp³-hybridized carbons (Fsp3) is 0.235. The zero-order valence-electron chi connectivity index (χ0n) is 14.5. The third-order valence-electron chi connectivity index (χ3n) is 3.74. The van der Waals surface area contributed by atoms with Gasteiger partial charge < -0.3 is 4.74 Å². The van der Waals surface area contributed by atoms with Crippen LogP contribution in [-0.4, -0.2) is 34.6 Å². The topological polar surface area (TPSA) is 110 Å². The number of nitrogens with zero attached hydrogens (tertiary/aromatic N) is 2. The number of carbonyl (C=O) groups is 3. The third kappa shape index (κ3) is 4.86. The summed E-state index contributed by atoms with van der Waals surface area (Å²) in [6.45, 7) is 1.43. The lowest BCUT2D eigenvalue weighted by atomic mass is 10.2. The predicted octanol–water partition coefficient (Wildman–Crippen LogP) is 3.25. The monoisotopic (exact) mass is 440 g/mol. The van der Waals surface area contributed by atoms with Crippen LogP contribution in [0, 0.1) is 0 Å². The SMILES string of the molecule is C[C@H](OC(=O)C1=NNC(=O)CC1)C(=O)Nc1nc(-c2ccc(Cl)c(Cl)c2)cs1. The Balaban J connectivity index is 1.60. The number of nitrogens with one attached hydrogen (secondary N) is 2. The molecule has 1 aliphatic rings. The highest BCUT2D eigenvalue weighted by Gasteiger charge is 2.25. The third-order valence-corrected chi connectivity index (χ3v) is 5.24. The molecule has 11 heteroatoms. The summed E-state index contributed by atoms with van der Waals surface area (Å²) in [6.07, 6.45) is -0.756. The number of benzene rings is 1. The van der Waals surface area contributed by atoms with Crippen molar-refractivity contribution in [3.05, 3.63) is 33.6 Å². The first-order chi connectivity index (χ1) is 13.3. The molecule has 146 valence electrons. The van der Waals surface area contributed by atoms with E-state index in [1.807, 2.05) is 0 Å². The predicted molar refractivity (Wildman–Crippen MR) is 107 cm³/mol. The molecule has 1 aromatic heterocycles. The normalized spacial score (nSPS) is 14.7. The number of hydrogen-bond acceptors (Lipinski definition) is 7. The smallest absolute Gasteiger partial charge is 0.355 e. The van der Waals surface area contributed by atoms with E-state index in [1.165, 1.54) is 18.3 Å². The quantitative estimate of drug-likeness (QED) is 0.693. The number of halogens is 2. The van der Waals surface area contributed by atoms with Gasteiger partial charge >= 0.3 is 5.97 Å². The van der Waals surface area contributed by atoms with E-state index in [-0.39, 0.29) is 24.5 Å². The molecule has 1 aliphatic heterocycles. The number of anilines is 1. The van der Waals surface area contributed by atoms with Crippen molar-refractivity contribution in [1.82, 2.24) is 10.4 Å². The molecule has 2 heterocycles. The van der Waals surface area contributed by atoms with Gasteiger partial charge in [0.2, 0.25) is 5.91 Å². The number of esters is 1. The average molecular weight is 441 g/mol. The number of aromatic nitrogens is 1. The summed E-state index contributed by atoms with van der Waals surface area (Å²) in [5.74, 6) is -1.56. The summed E-state index contributed by atoms with van der Waals surface area (Å²) >= 11 is 13.1. The summed E-state index contributed by atoms with van der Waals surface area (Å²) in [4.78, 5) is 39.6. The number of carbonyl (C=O) groups excluding carboxylic acids is 3. The van der Waals surface area contributed by atoms with E-state index in [4.69, 9.17) is 27.9 Å². The second kappa shape index (κ2) is 8.68. The second-order valence-corrected chi connectivity index (χ2v) is 7.47. The van der Waals surface area contributed by atoms with Gasteiger partial charge in [0.15, 0.2) is 11.2 Å². The Hall–Kier alpha value is -2.49. The van der Waals surface area contributed by atoms with Crippen molar-refractivity contribution in [3.63, 3.8) is 0 Å². The van der Waals surface area contributed by atoms with Gasteiger partial charge in [-0.25, -0.2) is 15.2 Å². The van der Waals surface area contributed by atoms with Crippen molar-refractivity contribution in [2.45, 2.75) is 25.9 Å². The maximum absolute atomic E-state index is 12.3. The molecule has 2 amide bonds. The molecule has 1 atom stereocenters. The molecule has 3 rings (SSSR count). The molecule has 0 saturated heterocycles. The summed E-state index contributed by atoms with van der Waals surface area (Å²) in [5.41, 5.74) is 3.64. The molecule has 0 radical (unpaired) electrons. The Morgan fingerprint density at radius 3 is 2.75 bits per heavy atom. The van der Waals surface area contributed by atoms with Gasteiger partial charge in [0.05, 0.1) is 15.7 Å². The first-order valence-corrected chi connectivity index (χ1v) is 9.75. The first-order valence-electron chi connectivity index (χ1n) is 8.11. The minimum absolute atomic E-state index is 0.0652. The largest absolute Gasteiger partial charge is 0.448 e. The lowest BCUT2D eigenvalue weighted by Gasteiger charge is -2.15. The standard InChI is InChI=1S/C17H14Cl2N4O4S/c1-8(27-16(26)12-4-5-14(24)23-22-12)15(25)21-17-20-13(7-28-17)9-2-3-10(18)11(19)6-9/h2-3,6-8H,4-5H2,1H3,(H,23,24)(H,20,21,25)/t8-/m0/s1. The van der Waals surface area contributed by atoms with Crippen molar-refractivity contribution in [2.75, 3.05) is 5.32 Å². The van der Waals surface area contributed by atoms with Gasteiger partial charge in [-0.1, -0.05) is 29.3 Å². The Labute approximate surface area is 173 Å². The van der Waals surface area contributed by atoms with Gasteiger partial charge in [-0.05, 0) is 19.1 Å². The molecule has 8 nitrogen and oxygen atoms in total. The van der Waals surface area contributed by atoms with Gasteiger partial charge in [-0.15, -0.1) is 11.3 Å². The minimum atomic E-state index is -1.06. The Morgan fingerprint density at radius 1 is 1.29 bits per heavy atom. The van der Waals surface area contributed by atoms with E-state index in [9.17, 15) is 14.4 Å². The molecule has 28 heavy (non-hydrogen) atoms. The zero-order valence-corrected chi connectivity index (χ0v) is 16.8. The molecule has 2 N–H and O–H groups in total. The van der Waals surface area contributed by atoms with Crippen molar-refractivity contribution in [2.24, 2.45) is 5.10 Å². The minimum Gasteiger partial charge on any atom is -0.448 e. The van der Waals surface area contributed by atoms with Gasteiger partial charge in [0, 0.05) is 23.8 Å². The Morgan fingerprint density at radius 2 is 2.07 bits per heavy atom. The first kappa shape index (κ1) is 20.2. The fourth-order valence-electron chi connectivity index (χ4n) is 2.23. The molecule has 0 bridgehead atoms. The Kier molecular flexibility index (Phi) is 6.28. The number of hydrogen-bond donors (Lipinski definition) is 2.